The molecule has 7 N–H and O–H groups in total. The average Bonchev–Trinajstić information content (AvgIpc) is 3.29. The SMILES string of the molecule is CC(C)C[C@H](NC(=O)[C@H](CN1CCC(C(F)(F)F)CC1)NC(=O)O)C(=O)N[C@@H](CC1CCNC1=O)C(O)C(=O)NC(C)C. The monoisotopic (exact) mass is 622 g/mol. The molecule has 0 aromatic carbocycles. The number of halogens is 3. The predicted octanol–water partition coefficient (Wildman–Crippen LogP) is 0.324. The van der Waals surface area contributed by atoms with Gasteiger partial charge in [0.2, 0.25) is 17.7 Å². The third-order valence-electron chi connectivity index (χ3n) is 7.56. The Morgan fingerprint density at radius 1 is 0.930 bits per heavy atom. The standard InChI is InChI=1S/C27H45F3N6O7/c1-14(2)11-19(23(39)33-18(12-16-5-8-31-22(16)38)21(37)25(41)32-15(3)4)34-24(40)20(35-26(42)43)13-36-9-6-17(7-10-36)27(28,29)30/h14-21,35,37H,5-13H2,1-4H3,(H,31,38)(H,32,41)(H,33,39)(H,34,40)(H,42,43)/t16?,18-,19-,20-,21?/m0/s1. The van der Waals surface area contributed by atoms with Gasteiger partial charge in [0, 0.05) is 25.0 Å². The number of aliphatic hydroxyl groups excluding tert-OH is 1. The van der Waals surface area contributed by atoms with Gasteiger partial charge in [-0.05, 0) is 65.0 Å². The summed E-state index contributed by atoms with van der Waals surface area (Å²) in [6.07, 6.45) is -7.41. The molecule has 2 rings (SSSR count). The zero-order chi connectivity index (χ0) is 32.5. The lowest BCUT2D eigenvalue weighted by molar-refractivity contribution is -0.185. The minimum atomic E-state index is -4.33. The number of hydrogen-bond acceptors (Lipinski definition) is 7. The van der Waals surface area contributed by atoms with Gasteiger partial charge in [-0.2, -0.15) is 13.2 Å². The van der Waals surface area contributed by atoms with E-state index in [0.29, 0.717) is 13.0 Å². The molecule has 0 radical (unpaired) electrons. The van der Waals surface area contributed by atoms with Crippen molar-refractivity contribution in [1.29, 1.82) is 0 Å². The molecule has 2 fully saturated rings. The highest BCUT2D eigenvalue weighted by molar-refractivity contribution is 5.92. The van der Waals surface area contributed by atoms with Crippen molar-refractivity contribution in [2.24, 2.45) is 17.8 Å². The van der Waals surface area contributed by atoms with Crippen LogP contribution in [0.4, 0.5) is 18.0 Å². The second kappa shape index (κ2) is 16.1. The molecular weight excluding hydrogens is 577 g/mol. The minimum Gasteiger partial charge on any atom is -0.465 e. The van der Waals surface area contributed by atoms with Gasteiger partial charge in [0.05, 0.1) is 12.0 Å². The number of hydrogen-bond donors (Lipinski definition) is 7. The molecule has 5 atom stereocenters. The number of nitrogens with one attached hydrogen (secondary N) is 5. The van der Waals surface area contributed by atoms with Crippen molar-refractivity contribution in [1.82, 2.24) is 31.5 Å². The lowest BCUT2D eigenvalue weighted by atomic mass is 9.93. The van der Waals surface area contributed by atoms with Crippen molar-refractivity contribution >= 4 is 29.7 Å². The number of rotatable bonds is 14. The molecule has 2 aliphatic rings. The maximum Gasteiger partial charge on any atom is 0.405 e. The maximum absolute atomic E-state index is 13.5. The van der Waals surface area contributed by atoms with Gasteiger partial charge in [-0.25, -0.2) is 4.79 Å². The molecule has 43 heavy (non-hydrogen) atoms. The van der Waals surface area contributed by atoms with Crippen LogP contribution >= 0.6 is 0 Å². The van der Waals surface area contributed by atoms with Crippen LogP contribution in [0.3, 0.4) is 0 Å². The summed E-state index contributed by atoms with van der Waals surface area (Å²) < 4.78 is 39.2. The zero-order valence-corrected chi connectivity index (χ0v) is 25.0. The molecule has 0 spiro atoms. The summed E-state index contributed by atoms with van der Waals surface area (Å²) in [5, 5.41) is 32.6. The number of alkyl halides is 3. The molecule has 0 bridgehead atoms. The van der Waals surface area contributed by atoms with Crippen LogP contribution < -0.4 is 26.6 Å². The van der Waals surface area contributed by atoms with Crippen LogP contribution in [0.15, 0.2) is 0 Å². The summed E-state index contributed by atoms with van der Waals surface area (Å²) >= 11 is 0. The van der Waals surface area contributed by atoms with Gasteiger partial charge in [0.15, 0.2) is 6.10 Å². The molecule has 2 heterocycles. The van der Waals surface area contributed by atoms with Gasteiger partial charge in [-0.1, -0.05) is 13.8 Å². The van der Waals surface area contributed by atoms with Crippen molar-refractivity contribution < 1.29 is 47.4 Å². The first kappa shape index (κ1) is 36.1. The van der Waals surface area contributed by atoms with Crippen molar-refractivity contribution in [3.8, 4) is 0 Å². The Morgan fingerprint density at radius 3 is 2.02 bits per heavy atom. The molecule has 5 amide bonds. The molecule has 13 nitrogen and oxygen atoms in total. The van der Waals surface area contributed by atoms with Gasteiger partial charge in [-0.15, -0.1) is 0 Å². The Hall–Kier alpha value is -3.14. The summed E-state index contributed by atoms with van der Waals surface area (Å²) in [4.78, 5) is 64.5. The highest BCUT2D eigenvalue weighted by atomic mass is 19.4. The first-order valence-electron chi connectivity index (χ1n) is 14.6. The first-order valence-corrected chi connectivity index (χ1v) is 14.6. The molecule has 0 saturated carbocycles. The van der Waals surface area contributed by atoms with E-state index in [1.165, 1.54) is 0 Å². The summed E-state index contributed by atoms with van der Waals surface area (Å²) in [6, 6.07) is -4.07. The van der Waals surface area contributed by atoms with E-state index < -0.39 is 66.1 Å². The van der Waals surface area contributed by atoms with Crippen LogP contribution in [0, 0.1) is 17.8 Å². The van der Waals surface area contributed by atoms with E-state index in [-0.39, 0.29) is 63.2 Å². The van der Waals surface area contributed by atoms with Crippen LogP contribution in [0.25, 0.3) is 0 Å². The lowest BCUT2D eigenvalue weighted by Crippen LogP contribution is -2.60. The summed E-state index contributed by atoms with van der Waals surface area (Å²) in [6.45, 7) is 7.19. The van der Waals surface area contributed by atoms with E-state index in [1.807, 2.05) is 0 Å². The van der Waals surface area contributed by atoms with Crippen molar-refractivity contribution in [3.05, 3.63) is 0 Å². The number of nitrogens with zero attached hydrogens (tertiary/aromatic N) is 1. The maximum atomic E-state index is 13.5. The van der Waals surface area contributed by atoms with E-state index >= 15 is 0 Å². The van der Waals surface area contributed by atoms with Crippen LogP contribution in [0.2, 0.25) is 0 Å². The van der Waals surface area contributed by atoms with Crippen molar-refractivity contribution in [3.63, 3.8) is 0 Å². The summed E-state index contributed by atoms with van der Waals surface area (Å²) in [5.74, 6) is -4.78. The summed E-state index contributed by atoms with van der Waals surface area (Å²) in [7, 11) is 0. The molecule has 246 valence electrons. The van der Waals surface area contributed by atoms with Gasteiger partial charge in [0.1, 0.15) is 12.1 Å². The highest BCUT2D eigenvalue weighted by Crippen LogP contribution is 2.34. The third-order valence-corrected chi connectivity index (χ3v) is 7.56. The Balaban J connectivity index is 2.17. The smallest absolute Gasteiger partial charge is 0.405 e. The van der Waals surface area contributed by atoms with Crippen molar-refractivity contribution in [2.75, 3.05) is 26.2 Å². The fourth-order valence-corrected chi connectivity index (χ4v) is 5.30. The second-order valence-corrected chi connectivity index (χ2v) is 12.0. The highest BCUT2D eigenvalue weighted by Gasteiger charge is 2.42. The summed E-state index contributed by atoms with van der Waals surface area (Å²) in [5.41, 5.74) is 0. The van der Waals surface area contributed by atoms with Crippen LogP contribution in [-0.4, -0.2) is 107 Å². The van der Waals surface area contributed by atoms with Crippen LogP contribution in [0.1, 0.15) is 59.8 Å². The molecule has 2 unspecified atom stereocenters. The number of carbonyl (C=O) groups excluding carboxylic acids is 4. The third kappa shape index (κ3) is 11.8. The number of carboxylic acid groups (broad SMARTS) is 1. The van der Waals surface area contributed by atoms with E-state index in [4.69, 9.17) is 0 Å². The second-order valence-electron chi connectivity index (χ2n) is 12.0. The predicted molar refractivity (Wildman–Crippen MR) is 149 cm³/mol. The molecule has 16 heteroatoms. The van der Waals surface area contributed by atoms with Gasteiger partial charge < -0.3 is 41.7 Å². The van der Waals surface area contributed by atoms with Crippen LogP contribution in [-0.2, 0) is 19.2 Å². The van der Waals surface area contributed by atoms with E-state index in [9.17, 15) is 47.4 Å². The Bertz CT molecular complexity index is 989. The number of aliphatic hydroxyl groups is 1. The molecule has 2 aliphatic heterocycles. The largest absolute Gasteiger partial charge is 0.465 e. The van der Waals surface area contributed by atoms with Gasteiger partial charge in [-0.3, -0.25) is 19.2 Å². The van der Waals surface area contributed by atoms with Crippen molar-refractivity contribution in [2.45, 2.75) is 96.2 Å². The topological polar surface area (TPSA) is 189 Å². The Labute approximate surface area is 249 Å². The molecule has 0 aliphatic carbocycles. The quantitative estimate of drug-likeness (QED) is 0.144. The zero-order valence-electron chi connectivity index (χ0n) is 25.0. The fraction of sp³-hybridized carbons (Fsp3) is 0.815. The molecular formula is C27H45F3N6O7. The molecule has 0 aromatic heterocycles. The lowest BCUT2D eigenvalue weighted by Gasteiger charge is -2.35. The fourth-order valence-electron chi connectivity index (χ4n) is 5.30. The molecule has 2 saturated heterocycles. The number of likely N-dealkylation sites (tertiary alicyclic amines) is 1. The Morgan fingerprint density at radius 2 is 1.53 bits per heavy atom. The Kier molecular flexibility index (Phi) is 13.5. The number of carbonyl (C=O) groups is 5. The van der Waals surface area contributed by atoms with Crippen LogP contribution in [0.5, 0.6) is 0 Å². The minimum absolute atomic E-state index is 0.0118. The normalized spacial score (nSPS) is 21.1. The molecule has 0 aromatic rings. The van der Waals surface area contributed by atoms with E-state index in [0.717, 1.165) is 0 Å². The first-order chi connectivity index (χ1) is 20.0. The van der Waals surface area contributed by atoms with E-state index in [2.05, 4.69) is 26.6 Å². The van der Waals surface area contributed by atoms with Gasteiger partial charge in [0.25, 0.3) is 5.91 Å². The van der Waals surface area contributed by atoms with Gasteiger partial charge >= 0.3 is 12.3 Å². The number of piperidine rings is 1. The average molecular weight is 623 g/mol. The number of amides is 5. The van der Waals surface area contributed by atoms with E-state index in [1.54, 1.807) is 32.6 Å².